The van der Waals surface area contributed by atoms with Gasteiger partial charge in [0.15, 0.2) is 6.10 Å². The number of aryl methyl sites for hydroxylation is 1. The predicted octanol–water partition coefficient (Wildman–Crippen LogP) is 5.20. The Bertz CT molecular complexity index is 867. The molecule has 1 atom stereocenters. The molecular weight excluding hydrogens is 310 g/mol. The second kappa shape index (κ2) is 7.84. The van der Waals surface area contributed by atoms with Crippen molar-refractivity contribution in [3.8, 4) is 5.75 Å². The molecule has 0 saturated carbocycles. The number of benzene rings is 3. The van der Waals surface area contributed by atoms with Gasteiger partial charge in [0.2, 0.25) is 0 Å². The van der Waals surface area contributed by atoms with Crippen LogP contribution in [0, 0.1) is 0 Å². The normalized spacial score (nSPS) is 11.9. The SMILES string of the molecule is CCc1ccccc1NC(=O)[C@@H](CC)Oc1cccc2ccccc12. The highest BCUT2D eigenvalue weighted by atomic mass is 16.5. The van der Waals surface area contributed by atoms with Crippen LogP contribution in [0.4, 0.5) is 5.69 Å². The minimum absolute atomic E-state index is 0.115. The van der Waals surface area contributed by atoms with E-state index in [4.69, 9.17) is 4.74 Å². The molecule has 0 aliphatic rings. The zero-order valence-electron chi connectivity index (χ0n) is 14.7. The lowest BCUT2D eigenvalue weighted by Gasteiger charge is -2.19. The smallest absolute Gasteiger partial charge is 0.265 e. The van der Waals surface area contributed by atoms with Gasteiger partial charge in [0.1, 0.15) is 5.75 Å². The Balaban J connectivity index is 1.81. The summed E-state index contributed by atoms with van der Waals surface area (Å²) in [4.78, 5) is 12.7. The van der Waals surface area contributed by atoms with Crippen molar-refractivity contribution in [2.75, 3.05) is 5.32 Å². The van der Waals surface area contributed by atoms with Gasteiger partial charge < -0.3 is 10.1 Å². The summed E-state index contributed by atoms with van der Waals surface area (Å²) in [6.07, 6.45) is 0.941. The number of rotatable bonds is 6. The lowest BCUT2D eigenvalue weighted by atomic mass is 10.1. The maximum atomic E-state index is 12.7. The van der Waals surface area contributed by atoms with E-state index >= 15 is 0 Å². The quantitative estimate of drug-likeness (QED) is 0.673. The van der Waals surface area contributed by atoms with Crippen LogP contribution in [0.25, 0.3) is 10.8 Å². The summed E-state index contributed by atoms with van der Waals surface area (Å²) in [7, 11) is 0. The molecule has 1 N–H and O–H groups in total. The first-order chi connectivity index (χ1) is 12.2. The minimum atomic E-state index is -0.532. The summed E-state index contributed by atoms with van der Waals surface area (Å²) >= 11 is 0. The van der Waals surface area contributed by atoms with E-state index in [1.807, 2.05) is 73.7 Å². The van der Waals surface area contributed by atoms with E-state index in [9.17, 15) is 4.79 Å². The maximum absolute atomic E-state index is 12.7. The van der Waals surface area contributed by atoms with Crippen molar-refractivity contribution in [1.82, 2.24) is 0 Å². The summed E-state index contributed by atoms with van der Waals surface area (Å²) in [5, 5.41) is 5.14. The van der Waals surface area contributed by atoms with Gasteiger partial charge in [-0.05, 0) is 35.9 Å². The molecule has 3 aromatic carbocycles. The fourth-order valence-corrected chi connectivity index (χ4v) is 2.94. The molecule has 1 amide bonds. The predicted molar refractivity (Wildman–Crippen MR) is 103 cm³/mol. The molecule has 0 saturated heterocycles. The van der Waals surface area contributed by atoms with Crippen LogP contribution < -0.4 is 10.1 Å². The molecule has 0 unspecified atom stereocenters. The van der Waals surface area contributed by atoms with Gasteiger partial charge in [-0.2, -0.15) is 0 Å². The number of hydrogen-bond acceptors (Lipinski definition) is 2. The third-order valence-electron chi connectivity index (χ3n) is 4.34. The topological polar surface area (TPSA) is 38.3 Å². The van der Waals surface area contributed by atoms with Gasteiger partial charge >= 0.3 is 0 Å². The molecule has 0 aliphatic carbocycles. The second-order valence-corrected chi connectivity index (χ2v) is 5.99. The van der Waals surface area contributed by atoms with Gasteiger partial charge in [0.25, 0.3) is 5.91 Å². The van der Waals surface area contributed by atoms with Crippen molar-refractivity contribution < 1.29 is 9.53 Å². The van der Waals surface area contributed by atoms with Crippen molar-refractivity contribution in [1.29, 1.82) is 0 Å². The number of nitrogens with one attached hydrogen (secondary N) is 1. The zero-order chi connectivity index (χ0) is 17.6. The molecule has 3 aromatic rings. The van der Waals surface area contributed by atoms with E-state index in [0.29, 0.717) is 6.42 Å². The van der Waals surface area contributed by atoms with Crippen LogP contribution in [0.15, 0.2) is 66.7 Å². The van der Waals surface area contributed by atoms with Crippen LogP contribution in [0.1, 0.15) is 25.8 Å². The van der Waals surface area contributed by atoms with E-state index in [-0.39, 0.29) is 5.91 Å². The number of fused-ring (bicyclic) bond motifs is 1. The first-order valence-corrected chi connectivity index (χ1v) is 8.76. The molecule has 0 heterocycles. The number of para-hydroxylation sites is 1. The van der Waals surface area contributed by atoms with Crippen LogP contribution in [0.5, 0.6) is 5.75 Å². The number of ether oxygens (including phenoxy) is 1. The van der Waals surface area contributed by atoms with E-state index in [1.165, 1.54) is 0 Å². The zero-order valence-corrected chi connectivity index (χ0v) is 14.7. The summed E-state index contributed by atoms with van der Waals surface area (Å²) < 4.78 is 6.07. The lowest BCUT2D eigenvalue weighted by Crippen LogP contribution is -2.32. The standard InChI is InChI=1S/C22H23NO2/c1-3-16-10-6-8-14-19(16)23-22(24)20(4-2)25-21-15-9-12-17-11-5-7-13-18(17)21/h5-15,20H,3-4H2,1-2H3,(H,23,24)/t20-/m1/s1. The molecule has 0 bridgehead atoms. The Labute approximate surface area is 148 Å². The highest BCUT2D eigenvalue weighted by Gasteiger charge is 2.20. The van der Waals surface area contributed by atoms with Gasteiger partial charge in [-0.15, -0.1) is 0 Å². The number of amides is 1. The van der Waals surface area contributed by atoms with Crippen molar-refractivity contribution in [3.05, 3.63) is 72.3 Å². The van der Waals surface area contributed by atoms with Crippen LogP contribution in [0.3, 0.4) is 0 Å². The molecule has 0 fully saturated rings. The molecular formula is C22H23NO2. The number of hydrogen-bond donors (Lipinski definition) is 1. The van der Waals surface area contributed by atoms with Crippen molar-refractivity contribution in [3.63, 3.8) is 0 Å². The first kappa shape index (κ1) is 17.0. The van der Waals surface area contributed by atoms with E-state index in [2.05, 4.69) is 12.2 Å². The Morgan fingerprint density at radius 2 is 1.68 bits per heavy atom. The fraction of sp³-hybridized carbons (Fsp3) is 0.227. The molecule has 0 aromatic heterocycles. The molecule has 0 aliphatic heterocycles. The molecule has 128 valence electrons. The molecule has 0 spiro atoms. The van der Waals surface area contributed by atoms with Gasteiger partial charge in [-0.25, -0.2) is 0 Å². The van der Waals surface area contributed by atoms with E-state index < -0.39 is 6.10 Å². The minimum Gasteiger partial charge on any atom is -0.480 e. The Kier molecular flexibility index (Phi) is 5.34. The van der Waals surface area contributed by atoms with Gasteiger partial charge in [-0.3, -0.25) is 4.79 Å². The van der Waals surface area contributed by atoms with Gasteiger partial charge in [0.05, 0.1) is 0 Å². The molecule has 3 heteroatoms. The lowest BCUT2D eigenvalue weighted by molar-refractivity contribution is -0.122. The van der Waals surface area contributed by atoms with Crippen LogP contribution in [0.2, 0.25) is 0 Å². The third kappa shape index (κ3) is 3.82. The number of anilines is 1. The highest BCUT2D eigenvalue weighted by molar-refractivity contribution is 5.95. The highest BCUT2D eigenvalue weighted by Crippen LogP contribution is 2.27. The second-order valence-electron chi connectivity index (χ2n) is 5.99. The fourth-order valence-electron chi connectivity index (χ4n) is 2.94. The average molecular weight is 333 g/mol. The van der Waals surface area contributed by atoms with E-state index in [1.54, 1.807) is 0 Å². The Morgan fingerprint density at radius 3 is 2.48 bits per heavy atom. The maximum Gasteiger partial charge on any atom is 0.265 e. The number of carbonyl (C=O) groups is 1. The Morgan fingerprint density at radius 1 is 0.960 bits per heavy atom. The first-order valence-electron chi connectivity index (χ1n) is 8.76. The van der Waals surface area contributed by atoms with Crippen molar-refractivity contribution >= 4 is 22.4 Å². The summed E-state index contributed by atoms with van der Waals surface area (Å²) in [5.41, 5.74) is 1.98. The van der Waals surface area contributed by atoms with Gasteiger partial charge in [-0.1, -0.05) is 68.4 Å². The Hall–Kier alpha value is -2.81. The summed E-state index contributed by atoms with van der Waals surface area (Å²) in [5.74, 6) is 0.625. The molecule has 25 heavy (non-hydrogen) atoms. The monoisotopic (exact) mass is 333 g/mol. The third-order valence-corrected chi connectivity index (χ3v) is 4.34. The average Bonchev–Trinajstić information content (AvgIpc) is 2.66. The number of carbonyl (C=O) groups excluding carboxylic acids is 1. The van der Waals surface area contributed by atoms with Crippen molar-refractivity contribution in [2.24, 2.45) is 0 Å². The van der Waals surface area contributed by atoms with Crippen LogP contribution >= 0.6 is 0 Å². The van der Waals surface area contributed by atoms with E-state index in [0.717, 1.165) is 34.2 Å². The van der Waals surface area contributed by atoms with Crippen molar-refractivity contribution in [2.45, 2.75) is 32.8 Å². The van der Waals surface area contributed by atoms with Gasteiger partial charge in [0, 0.05) is 11.1 Å². The summed E-state index contributed by atoms with van der Waals surface area (Å²) in [6.45, 7) is 4.04. The van der Waals surface area contributed by atoms with Crippen LogP contribution in [-0.4, -0.2) is 12.0 Å². The molecule has 3 rings (SSSR count). The van der Waals surface area contributed by atoms with Crippen LogP contribution in [-0.2, 0) is 11.2 Å². The summed E-state index contributed by atoms with van der Waals surface area (Å²) in [6, 6.07) is 21.8. The largest absolute Gasteiger partial charge is 0.480 e. The molecule has 0 radical (unpaired) electrons. The molecule has 3 nitrogen and oxygen atoms in total.